The van der Waals surface area contributed by atoms with Gasteiger partial charge in [-0.05, 0) is 22.6 Å². The Kier molecular flexibility index (Phi) is 3.84. The molecule has 1 fully saturated rings. The summed E-state index contributed by atoms with van der Waals surface area (Å²) in [7, 11) is 0. The molecule has 18 heavy (non-hydrogen) atoms. The number of nitrogen functional groups attached to an aromatic ring is 1. The second-order valence-corrected chi connectivity index (χ2v) is 5.01. The van der Waals surface area contributed by atoms with Crippen LogP contribution < -0.4 is 11.4 Å². The van der Waals surface area contributed by atoms with Crippen molar-refractivity contribution in [3.63, 3.8) is 0 Å². The lowest BCUT2D eigenvalue weighted by Crippen LogP contribution is -2.34. The van der Waals surface area contributed by atoms with Gasteiger partial charge in [-0.15, -0.1) is 0 Å². The van der Waals surface area contributed by atoms with Crippen molar-refractivity contribution >= 4 is 28.4 Å². The Morgan fingerprint density at radius 3 is 2.89 bits per heavy atom. The highest BCUT2D eigenvalue weighted by atomic mass is 127. The zero-order chi connectivity index (χ0) is 13.4. The van der Waals surface area contributed by atoms with Gasteiger partial charge in [-0.25, -0.2) is 9.18 Å². The molecule has 4 atom stereocenters. The van der Waals surface area contributed by atoms with Gasteiger partial charge >= 0.3 is 5.69 Å². The first kappa shape index (κ1) is 13.6. The fraction of sp³-hybridized carbons (Fsp3) is 0.556. The molecule has 0 unspecified atom stereocenters. The molecule has 1 aromatic rings. The number of aromatic nitrogens is 2. The number of aliphatic hydroxyl groups excluding tert-OH is 2. The van der Waals surface area contributed by atoms with E-state index in [4.69, 9.17) is 15.6 Å². The predicted octanol–water partition coefficient (Wildman–Crippen LogP) is -0.981. The zero-order valence-electron chi connectivity index (χ0n) is 9.03. The van der Waals surface area contributed by atoms with Crippen molar-refractivity contribution in [3.8, 4) is 0 Å². The average Bonchev–Trinajstić information content (AvgIpc) is 2.61. The van der Waals surface area contributed by atoms with Gasteiger partial charge in [0.05, 0.1) is 10.2 Å². The number of halogens is 2. The van der Waals surface area contributed by atoms with Crippen LogP contribution in [0.5, 0.6) is 0 Å². The summed E-state index contributed by atoms with van der Waals surface area (Å²) in [6.07, 6.45) is -4.38. The molecule has 9 heteroatoms. The molecule has 0 aliphatic carbocycles. The first-order chi connectivity index (χ1) is 8.45. The normalized spacial score (nSPS) is 31.8. The van der Waals surface area contributed by atoms with Gasteiger partial charge < -0.3 is 20.7 Å². The fourth-order valence-corrected chi connectivity index (χ4v) is 2.14. The molecule has 1 aliphatic heterocycles. The standard InChI is InChI=1S/C9H11FIN3O4/c10-5-6(16)4(2-15)18-8(5)14-1-3(11)7(12)13-9(14)17/h1,4-6,8,15-16H,2H2,(H2,12,13,17)/t4-,5+,6-,8+/m0/s1. The van der Waals surface area contributed by atoms with Gasteiger partial charge in [0.2, 0.25) is 0 Å². The Hall–Kier alpha value is -0.780. The Labute approximate surface area is 115 Å². The summed E-state index contributed by atoms with van der Waals surface area (Å²) in [5, 5.41) is 18.4. The van der Waals surface area contributed by atoms with Gasteiger partial charge in [0, 0.05) is 6.20 Å². The summed E-state index contributed by atoms with van der Waals surface area (Å²) in [5.74, 6) is 0.0458. The molecule has 2 rings (SSSR count). The summed E-state index contributed by atoms with van der Waals surface area (Å²) in [4.78, 5) is 15.1. The topological polar surface area (TPSA) is 111 Å². The van der Waals surface area contributed by atoms with Crippen molar-refractivity contribution in [2.45, 2.75) is 24.6 Å². The van der Waals surface area contributed by atoms with E-state index in [1.165, 1.54) is 6.20 Å². The Balaban J connectivity index is 2.39. The van der Waals surface area contributed by atoms with E-state index in [9.17, 15) is 14.3 Å². The molecule has 0 amide bonds. The average molecular weight is 371 g/mol. The van der Waals surface area contributed by atoms with Crippen LogP contribution in [0.4, 0.5) is 10.2 Å². The smallest absolute Gasteiger partial charge is 0.351 e. The molecule has 100 valence electrons. The number of nitrogens with two attached hydrogens (primary N) is 1. The third kappa shape index (κ3) is 2.22. The molecular formula is C9H11FIN3O4. The molecule has 1 aromatic heterocycles. The maximum absolute atomic E-state index is 13.8. The number of hydrogen-bond acceptors (Lipinski definition) is 6. The second kappa shape index (κ2) is 5.07. The minimum absolute atomic E-state index is 0.0458. The van der Waals surface area contributed by atoms with Crippen molar-refractivity contribution in [2.75, 3.05) is 12.3 Å². The number of hydrogen-bond donors (Lipinski definition) is 3. The Morgan fingerprint density at radius 1 is 1.67 bits per heavy atom. The highest BCUT2D eigenvalue weighted by Crippen LogP contribution is 2.31. The van der Waals surface area contributed by atoms with Crippen LogP contribution in [0.3, 0.4) is 0 Å². The SMILES string of the molecule is Nc1nc(=O)n([C@@H]2O[C@@H](CO)[C@H](O)[C@H]2F)cc1I. The van der Waals surface area contributed by atoms with Crippen LogP contribution in [0.15, 0.2) is 11.0 Å². The maximum atomic E-state index is 13.8. The monoisotopic (exact) mass is 371 g/mol. The second-order valence-electron chi connectivity index (χ2n) is 3.85. The van der Waals surface area contributed by atoms with Crippen LogP contribution >= 0.6 is 22.6 Å². The van der Waals surface area contributed by atoms with Crippen LogP contribution in [0, 0.1) is 3.57 Å². The molecule has 7 nitrogen and oxygen atoms in total. The van der Waals surface area contributed by atoms with Gasteiger partial charge in [-0.1, -0.05) is 0 Å². The summed E-state index contributed by atoms with van der Waals surface area (Å²) >= 11 is 1.84. The Morgan fingerprint density at radius 2 is 2.33 bits per heavy atom. The van der Waals surface area contributed by atoms with Crippen LogP contribution in [0.2, 0.25) is 0 Å². The van der Waals surface area contributed by atoms with Crippen molar-refractivity contribution in [2.24, 2.45) is 0 Å². The Bertz CT molecular complexity index is 511. The lowest BCUT2D eigenvalue weighted by atomic mass is 10.1. The fourth-order valence-electron chi connectivity index (χ4n) is 1.72. The van der Waals surface area contributed by atoms with Crippen LogP contribution in [-0.4, -0.2) is 44.8 Å². The number of anilines is 1. The molecule has 1 saturated heterocycles. The molecule has 4 N–H and O–H groups in total. The van der Waals surface area contributed by atoms with E-state index < -0.39 is 36.9 Å². The number of aliphatic hydroxyl groups is 2. The minimum atomic E-state index is -1.82. The van der Waals surface area contributed by atoms with E-state index in [0.29, 0.717) is 3.57 Å². The molecule has 0 spiro atoms. The first-order valence-electron chi connectivity index (χ1n) is 5.08. The summed E-state index contributed by atoms with van der Waals surface area (Å²) in [6, 6.07) is 0. The van der Waals surface area contributed by atoms with Gasteiger partial charge in [0.25, 0.3) is 0 Å². The van der Waals surface area contributed by atoms with Crippen LogP contribution in [0.25, 0.3) is 0 Å². The third-order valence-electron chi connectivity index (χ3n) is 2.68. The van der Waals surface area contributed by atoms with E-state index >= 15 is 0 Å². The summed E-state index contributed by atoms with van der Waals surface area (Å²) < 4.78 is 20.3. The number of ether oxygens (including phenoxy) is 1. The molecule has 0 bridgehead atoms. The van der Waals surface area contributed by atoms with E-state index in [1.807, 2.05) is 22.6 Å². The number of nitrogens with zero attached hydrogens (tertiary/aromatic N) is 2. The largest absolute Gasteiger partial charge is 0.394 e. The van der Waals surface area contributed by atoms with Crippen LogP contribution in [0.1, 0.15) is 6.23 Å². The van der Waals surface area contributed by atoms with E-state index in [-0.39, 0.29) is 5.82 Å². The highest BCUT2D eigenvalue weighted by molar-refractivity contribution is 14.1. The van der Waals surface area contributed by atoms with E-state index in [2.05, 4.69) is 4.98 Å². The van der Waals surface area contributed by atoms with Gasteiger partial charge in [0.15, 0.2) is 12.4 Å². The maximum Gasteiger partial charge on any atom is 0.351 e. The van der Waals surface area contributed by atoms with Crippen LogP contribution in [-0.2, 0) is 4.74 Å². The highest BCUT2D eigenvalue weighted by Gasteiger charge is 2.45. The first-order valence-corrected chi connectivity index (χ1v) is 6.16. The zero-order valence-corrected chi connectivity index (χ0v) is 11.2. The van der Waals surface area contributed by atoms with Crippen molar-refractivity contribution in [3.05, 3.63) is 20.3 Å². The number of rotatable bonds is 2. The molecular weight excluding hydrogens is 360 g/mol. The summed E-state index contributed by atoms with van der Waals surface area (Å²) in [6.45, 7) is -0.535. The van der Waals surface area contributed by atoms with Crippen molar-refractivity contribution < 1.29 is 19.3 Å². The van der Waals surface area contributed by atoms with Gasteiger partial charge in [-0.2, -0.15) is 4.98 Å². The van der Waals surface area contributed by atoms with Gasteiger partial charge in [-0.3, -0.25) is 4.57 Å². The molecule has 1 aliphatic rings. The van der Waals surface area contributed by atoms with Crippen molar-refractivity contribution in [1.82, 2.24) is 9.55 Å². The van der Waals surface area contributed by atoms with Crippen molar-refractivity contribution in [1.29, 1.82) is 0 Å². The number of alkyl halides is 1. The van der Waals surface area contributed by atoms with E-state index in [0.717, 1.165) is 4.57 Å². The predicted molar refractivity (Wildman–Crippen MR) is 67.5 cm³/mol. The molecule has 0 saturated carbocycles. The van der Waals surface area contributed by atoms with E-state index in [1.54, 1.807) is 0 Å². The van der Waals surface area contributed by atoms with Gasteiger partial charge in [0.1, 0.15) is 18.0 Å². The summed E-state index contributed by atoms with van der Waals surface area (Å²) in [5.41, 5.74) is 4.68. The minimum Gasteiger partial charge on any atom is -0.394 e. The molecule has 0 aromatic carbocycles. The lowest BCUT2D eigenvalue weighted by Gasteiger charge is -2.16. The quantitative estimate of drug-likeness (QED) is 0.577. The lowest BCUT2D eigenvalue weighted by molar-refractivity contribution is -0.0491. The third-order valence-corrected chi connectivity index (χ3v) is 3.51. The molecule has 2 heterocycles. The molecule has 0 radical (unpaired) electrons.